The molecule has 0 unspecified atom stereocenters. The number of hydrogen-bond donors (Lipinski definition) is 2. The average molecular weight is 278 g/mol. The minimum Gasteiger partial charge on any atom is -0.507 e. The number of amides is 1. The van der Waals surface area contributed by atoms with Crippen molar-refractivity contribution >= 4 is 11.9 Å². The summed E-state index contributed by atoms with van der Waals surface area (Å²) in [5, 5.41) is 18.5. The van der Waals surface area contributed by atoms with E-state index in [-0.39, 0.29) is 18.2 Å². The molecule has 1 saturated heterocycles. The number of rotatable bonds is 3. The molecule has 1 aromatic rings. The summed E-state index contributed by atoms with van der Waals surface area (Å²) < 4.78 is 0. The number of aliphatic carboxylic acids is 1. The van der Waals surface area contributed by atoms with Gasteiger partial charge in [0.05, 0.1) is 12.1 Å². The zero-order valence-corrected chi connectivity index (χ0v) is 11.2. The largest absolute Gasteiger partial charge is 0.507 e. The van der Waals surface area contributed by atoms with Gasteiger partial charge < -0.3 is 15.1 Å². The van der Waals surface area contributed by atoms with Crippen LogP contribution in [0.3, 0.4) is 0 Å². The van der Waals surface area contributed by atoms with Gasteiger partial charge in [0, 0.05) is 26.2 Å². The number of carbonyl (C=O) groups is 2. The lowest BCUT2D eigenvalue weighted by Crippen LogP contribution is -2.36. The number of carboxylic acid groups (broad SMARTS) is 1. The fourth-order valence-corrected chi connectivity index (χ4v) is 2.35. The Morgan fingerprint density at radius 2 is 1.85 bits per heavy atom. The minimum atomic E-state index is -0.856. The van der Waals surface area contributed by atoms with Crippen LogP contribution in [0.2, 0.25) is 0 Å². The molecule has 0 aromatic heterocycles. The lowest BCUT2D eigenvalue weighted by Gasteiger charge is -2.21. The highest BCUT2D eigenvalue weighted by molar-refractivity contribution is 5.96. The second-order valence-electron chi connectivity index (χ2n) is 4.83. The van der Waals surface area contributed by atoms with Gasteiger partial charge in [-0.15, -0.1) is 0 Å². The van der Waals surface area contributed by atoms with Crippen molar-refractivity contribution in [2.75, 3.05) is 32.7 Å². The Morgan fingerprint density at radius 1 is 1.10 bits per heavy atom. The van der Waals surface area contributed by atoms with Gasteiger partial charge in [0.25, 0.3) is 5.91 Å². The summed E-state index contributed by atoms with van der Waals surface area (Å²) in [5.74, 6) is -1.09. The van der Waals surface area contributed by atoms with Crippen molar-refractivity contribution in [3.8, 4) is 5.75 Å². The van der Waals surface area contributed by atoms with Crippen LogP contribution in [-0.2, 0) is 4.79 Å². The van der Waals surface area contributed by atoms with Crippen molar-refractivity contribution in [1.82, 2.24) is 9.80 Å². The van der Waals surface area contributed by atoms with Crippen molar-refractivity contribution in [3.05, 3.63) is 29.8 Å². The zero-order chi connectivity index (χ0) is 14.5. The molecule has 1 aromatic carbocycles. The molecule has 0 spiro atoms. The summed E-state index contributed by atoms with van der Waals surface area (Å²) in [7, 11) is 0. The molecule has 0 radical (unpaired) electrons. The summed E-state index contributed by atoms with van der Waals surface area (Å²) in [4.78, 5) is 26.5. The van der Waals surface area contributed by atoms with Gasteiger partial charge in [0.2, 0.25) is 0 Å². The van der Waals surface area contributed by atoms with Crippen LogP contribution in [-0.4, -0.2) is 64.6 Å². The predicted octanol–water partition coefficient (Wildman–Crippen LogP) is 0.625. The lowest BCUT2D eigenvalue weighted by molar-refractivity contribution is -0.138. The van der Waals surface area contributed by atoms with Gasteiger partial charge in [-0.1, -0.05) is 12.1 Å². The van der Waals surface area contributed by atoms with Crippen LogP contribution < -0.4 is 0 Å². The molecule has 6 nitrogen and oxygen atoms in total. The van der Waals surface area contributed by atoms with Crippen LogP contribution in [0.15, 0.2) is 24.3 Å². The predicted molar refractivity (Wildman–Crippen MR) is 72.7 cm³/mol. The maximum atomic E-state index is 12.3. The van der Waals surface area contributed by atoms with Crippen molar-refractivity contribution in [2.24, 2.45) is 0 Å². The first-order valence-electron chi connectivity index (χ1n) is 6.59. The van der Waals surface area contributed by atoms with Crippen molar-refractivity contribution in [1.29, 1.82) is 0 Å². The number of aromatic hydroxyl groups is 1. The van der Waals surface area contributed by atoms with E-state index in [1.807, 2.05) is 4.90 Å². The Balaban J connectivity index is 2.02. The summed E-state index contributed by atoms with van der Waals surface area (Å²) >= 11 is 0. The van der Waals surface area contributed by atoms with Gasteiger partial charge in [-0.2, -0.15) is 0 Å². The first-order valence-corrected chi connectivity index (χ1v) is 6.59. The molecule has 1 aliphatic rings. The number of nitrogens with zero attached hydrogens (tertiary/aromatic N) is 2. The highest BCUT2D eigenvalue weighted by Gasteiger charge is 2.22. The van der Waals surface area contributed by atoms with Crippen LogP contribution in [0, 0.1) is 0 Å². The highest BCUT2D eigenvalue weighted by atomic mass is 16.4. The molecule has 1 heterocycles. The first-order chi connectivity index (χ1) is 9.58. The summed E-state index contributed by atoms with van der Waals surface area (Å²) in [6, 6.07) is 6.46. The second-order valence-corrected chi connectivity index (χ2v) is 4.83. The third-order valence-electron chi connectivity index (χ3n) is 3.37. The molecule has 108 valence electrons. The minimum absolute atomic E-state index is 0.00137. The molecule has 1 amide bonds. The van der Waals surface area contributed by atoms with Crippen LogP contribution in [0.25, 0.3) is 0 Å². The molecule has 0 saturated carbocycles. The van der Waals surface area contributed by atoms with E-state index in [1.165, 1.54) is 6.07 Å². The standard InChI is InChI=1S/C14H18N2O4/c17-12-5-2-1-4-11(12)14(20)16-7-3-6-15(8-9-16)10-13(18)19/h1-2,4-5,17H,3,6-10H2,(H,18,19). The Hall–Kier alpha value is -2.08. The molecule has 0 bridgehead atoms. The Labute approximate surface area is 117 Å². The maximum Gasteiger partial charge on any atom is 0.317 e. The SMILES string of the molecule is O=C(O)CN1CCCN(C(=O)c2ccccc2O)CC1. The molecule has 0 aliphatic carbocycles. The van der Waals surface area contributed by atoms with Crippen LogP contribution in [0.5, 0.6) is 5.75 Å². The van der Waals surface area contributed by atoms with E-state index in [9.17, 15) is 14.7 Å². The van der Waals surface area contributed by atoms with E-state index in [2.05, 4.69) is 0 Å². The number of benzene rings is 1. The monoisotopic (exact) mass is 278 g/mol. The molecule has 20 heavy (non-hydrogen) atoms. The molecule has 0 atom stereocenters. The molecular formula is C14H18N2O4. The molecule has 1 aliphatic heterocycles. The molecular weight excluding hydrogens is 260 g/mol. The fourth-order valence-electron chi connectivity index (χ4n) is 2.35. The van der Waals surface area contributed by atoms with E-state index in [0.29, 0.717) is 31.7 Å². The highest BCUT2D eigenvalue weighted by Crippen LogP contribution is 2.18. The summed E-state index contributed by atoms with van der Waals surface area (Å²) in [6.45, 7) is 2.24. The van der Waals surface area contributed by atoms with Crippen molar-refractivity contribution in [2.45, 2.75) is 6.42 Å². The van der Waals surface area contributed by atoms with Crippen LogP contribution >= 0.6 is 0 Å². The molecule has 6 heteroatoms. The van der Waals surface area contributed by atoms with E-state index < -0.39 is 5.97 Å². The molecule has 2 N–H and O–H groups in total. The van der Waals surface area contributed by atoms with Crippen molar-refractivity contribution in [3.63, 3.8) is 0 Å². The van der Waals surface area contributed by atoms with E-state index in [0.717, 1.165) is 6.42 Å². The molecule has 2 rings (SSSR count). The Bertz CT molecular complexity index is 504. The number of phenols is 1. The van der Waals surface area contributed by atoms with Gasteiger partial charge in [-0.25, -0.2) is 0 Å². The summed E-state index contributed by atoms with van der Waals surface area (Å²) in [5.41, 5.74) is 0.291. The third kappa shape index (κ3) is 3.48. The number of para-hydroxylation sites is 1. The lowest BCUT2D eigenvalue weighted by atomic mass is 10.1. The topological polar surface area (TPSA) is 81.1 Å². The Kier molecular flexibility index (Phi) is 4.57. The van der Waals surface area contributed by atoms with Gasteiger partial charge in [-0.05, 0) is 18.6 Å². The Morgan fingerprint density at radius 3 is 2.55 bits per heavy atom. The second kappa shape index (κ2) is 6.38. The summed E-state index contributed by atoms with van der Waals surface area (Å²) in [6.07, 6.45) is 0.729. The number of carboxylic acids is 1. The quantitative estimate of drug-likeness (QED) is 0.847. The van der Waals surface area contributed by atoms with Gasteiger partial charge in [0.15, 0.2) is 0 Å². The van der Waals surface area contributed by atoms with E-state index in [4.69, 9.17) is 5.11 Å². The normalized spacial score (nSPS) is 16.7. The van der Waals surface area contributed by atoms with Gasteiger partial charge >= 0.3 is 5.97 Å². The number of carbonyl (C=O) groups excluding carboxylic acids is 1. The number of hydrogen-bond acceptors (Lipinski definition) is 4. The van der Waals surface area contributed by atoms with Crippen LogP contribution in [0.4, 0.5) is 0 Å². The van der Waals surface area contributed by atoms with Gasteiger partial charge in [-0.3, -0.25) is 14.5 Å². The first kappa shape index (κ1) is 14.3. The van der Waals surface area contributed by atoms with Crippen molar-refractivity contribution < 1.29 is 19.8 Å². The smallest absolute Gasteiger partial charge is 0.317 e. The number of phenolic OH excluding ortho intramolecular Hbond substituents is 1. The van der Waals surface area contributed by atoms with E-state index >= 15 is 0 Å². The third-order valence-corrected chi connectivity index (χ3v) is 3.37. The van der Waals surface area contributed by atoms with Gasteiger partial charge in [0.1, 0.15) is 5.75 Å². The maximum absolute atomic E-state index is 12.3. The fraction of sp³-hybridized carbons (Fsp3) is 0.429. The zero-order valence-electron chi connectivity index (χ0n) is 11.2. The average Bonchev–Trinajstić information content (AvgIpc) is 2.63. The van der Waals surface area contributed by atoms with Crippen LogP contribution in [0.1, 0.15) is 16.8 Å². The van der Waals surface area contributed by atoms with E-state index in [1.54, 1.807) is 23.1 Å². The molecule has 1 fully saturated rings.